The zero-order valence-electron chi connectivity index (χ0n) is 15.1. The largest absolute Gasteiger partial charge is 0.383 e. The lowest BCUT2D eigenvalue weighted by Crippen LogP contribution is -2.42. The fourth-order valence-corrected chi connectivity index (χ4v) is 2.83. The highest BCUT2D eigenvalue weighted by Gasteiger charge is 2.23. The van der Waals surface area contributed by atoms with E-state index in [4.69, 9.17) is 14.5 Å². The Hall–Kier alpha value is -1.70. The molecule has 1 heterocycles. The van der Waals surface area contributed by atoms with E-state index in [1.165, 1.54) is 6.07 Å². The molecule has 0 aromatic heterocycles. The Bertz CT molecular complexity index is 536. The van der Waals surface area contributed by atoms with Gasteiger partial charge in [-0.2, -0.15) is 0 Å². The first kappa shape index (κ1) is 19.6. The second kappa shape index (κ2) is 11.0. The number of methoxy groups -OCH3 is 1. The van der Waals surface area contributed by atoms with Crippen molar-refractivity contribution in [1.82, 2.24) is 15.5 Å². The van der Waals surface area contributed by atoms with Gasteiger partial charge in [0.1, 0.15) is 5.82 Å². The second-order valence-electron chi connectivity index (χ2n) is 5.86. The van der Waals surface area contributed by atoms with E-state index in [2.05, 4.69) is 15.5 Å². The molecule has 0 spiro atoms. The number of aliphatic imine (C=N–C) groups is 1. The van der Waals surface area contributed by atoms with Crippen molar-refractivity contribution in [3.63, 3.8) is 0 Å². The van der Waals surface area contributed by atoms with E-state index >= 15 is 0 Å². The molecule has 7 heteroatoms. The van der Waals surface area contributed by atoms with E-state index in [0.29, 0.717) is 32.9 Å². The number of halogens is 1. The van der Waals surface area contributed by atoms with Gasteiger partial charge in [-0.15, -0.1) is 0 Å². The van der Waals surface area contributed by atoms with Gasteiger partial charge in [-0.25, -0.2) is 4.39 Å². The zero-order chi connectivity index (χ0) is 17.9. The van der Waals surface area contributed by atoms with E-state index in [-0.39, 0.29) is 11.9 Å². The normalized spacial score (nSPS) is 17.3. The number of hydrogen-bond acceptors (Lipinski definition) is 4. The minimum absolute atomic E-state index is 0.0254. The fourth-order valence-electron chi connectivity index (χ4n) is 2.83. The van der Waals surface area contributed by atoms with Crippen molar-refractivity contribution in [2.45, 2.75) is 13.0 Å². The Labute approximate surface area is 149 Å². The summed E-state index contributed by atoms with van der Waals surface area (Å²) < 4.78 is 24.2. The molecule has 1 aromatic rings. The number of guanidine groups is 1. The van der Waals surface area contributed by atoms with Gasteiger partial charge in [0.05, 0.1) is 32.4 Å². The summed E-state index contributed by atoms with van der Waals surface area (Å²) in [6.45, 7) is 7.69. The predicted octanol–water partition coefficient (Wildman–Crippen LogP) is 1.40. The van der Waals surface area contributed by atoms with Gasteiger partial charge < -0.3 is 20.1 Å². The van der Waals surface area contributed by atoms with Crippen molar-refractivity contribution in [3.8, 4) is 0 Å². The van der Waals surface area contributed by atoms with Gasteiger partial charge >= 0.3 is 0 Å². The maximum absolute atomic E-state index is 13.7. The van der Waals surface area contributed by atoms with Gasteiger partial charge in [-0.3, -0.25) is 9.89 Å². The smallest absolute Gasteiger partial charge is 0.191 e. The first-order chi connectivity index (χ1) is 12.2. The molecule has 2 N–H and O–H groups in total. The maximum atomic E-state index is 13.7. The number of hydrogen-bond donors (Lipinski definition) is 2. The van der Waals surface area contributed by atoms with Gasteiger partial charge in [-0.05, 0) is 24.6 Å². The molecule has 0 bridgehead atoms. The third-order valence-corrected chi connectivity index (χ3v) is 4.09. The summed E-state index contributed by atoms with van der Waals surface area (Å²) in [6.07, 6.45) is 0. The van der Waals surface area contributed by atoms with E-state index < -0.39 is 0 Å². The van der Waals surface area contributed by atoms with Crippen LogP contribution in [0.1, 0.15) is 18.5 Å². The number of ether oxygens (including phenoxy) is 2. The average Bonchev–Trinajstić information content (AvgIpc) is 2.63. The van der Waals surface area contributed by atoms with Crippen molar-refractivity contribution < 1.29 is 13.9 Å². The summed E-state index contributed by atoms with van der Waals surface area (Å²) in [5.41, 5.74) is 0.943. The third-order valence-electron chi connectivity index (χ3n) is 4.09. The van der Waals surface area contributed by atoms with Crippen molar-refractivity contribution in [2.24, 2.45) is 4.99 Å². The average molecular weight is 352 g/mol. The third kappa shape index (κ3) is 6.61. The molecule has 1 unspecified atom stereocenters. The van der Waals surface area contributed by atoms with Crippen LogP contribution in [0.2, 0.25) is 0 Å². The Morgan fingerprint density at radius 2 is 2.16 bits per heavy atom. The highest BCUT2D eigenvalue weighted by molar-refractivity contribution is 5.79. The molecule has 1 fully saturated rings. The van der Waals surface area contributed by atoms with Crippen LogP contribution >= 0.6 is 0 Å². The molecule has 0 amide bonds. The van der Waals surface area contributed by atoms with Gasteiger partial charge in [0, 0.05) is 33.3 Å². The van der Waals surface area contributed by atoms with Gasteiger partial charge in [0.2, 0.25) is 0 Å². The standard InChI is InChI=1S/C18H29FN4O2/c1-3-20-18(21-7-10-24-2)22-14-17(23-8-11-25-12-9-23)15-5-4-6-16(19)13-15/h4-6,13,17H,3,7-12,14H2,1-2H3,(H2,20,21,22). The lowest BCUT2D eigenvalue weighted by Gasteiger charge is -2.34. The quantitative estimate of drug-likeness (QED) is 0.421. The summed E-state index contributed by atoms with van der Waals surface area (Å²) in [4.78, 5) is 7.01. The van der Waals surface area contributed by atoms with Crippen LogP contribution in [0.15, 0.2) is 29.3 Å². The van der Waals surface area contributed by atoms with Crippen molar-refractivity contribution in [3.05, 3.63) is 35.6 Å². The van der Waals surface area contributed by atoms with Crippen LogP contribution in [0.4, 0.5) is 4.39 Å². The van der Waals surface area contributed by atoms with E-state index in [0.717, 1.165) is 31.2 Å². The number of rotatable bonds is 8. The first-order valence-corrected chi connectivity index (χ1v) is 8.83. The SMILES string of the molecule is CCNC(=NCC(c1cccc(F)c1)N1CCOCC1)NCCOC. The minimum Gasteiger partial charge on any atom is -0.383 e. The molecule has 1 aliphatic heterocycles. The van der Waals surface area contributed by atoms with E-state index in [1.807, 2.05) is 13.0 Å². The molecule has 1 aliphatic rings. The molecular formula is C18H29FN4O2. The summed E-state index contributed by atoms with van der Waals surface area (Å²) in [6, 6.07) is 6.81. The topological polar surface area (TPSA) is 58.1 Å². The number of morpholine rings is 1. The molecule has 25 heavy (non-hydrogen) atoms. The molecule has 140 valence electrons. The predicted molar refractivity (Wildman–Crippen MR) is 97.4 cm³/mol. The molecule has 1 saturated heterocycles. The van der Waals surface area contributed by atoms with Crippen LogP contribution in [0.5, 0.6) is 0 Å². The molecule has 1 atom stereocenters. The van der Waals surface area contributed by atoms with Crippen molar-refractivity contribution in [1.29, 1.82) is 0 Å². The van der Waals surface area contributed by atoms with Crippen LogP contribution in [0, 0.1) is 5.82 Å². The van der Waals surface area contributed by atoms with Crippen LogP contribution in [0.3, 0.4) is 0 Å². The zero-order valence-corrected chi connectivity index (χ0v) is 15.1. The highest BCUT2D eigenvalue weighted by Crippen LogP contribution is 2.23. The van der Waals surface area contributed by atoms with Crippen molar-refractivity contribution >= 4 is 5.96 Å². The molecule has 0 aliphatic carbocycles. The van der Waals surface area contributed by atoms with Crippen LogP contribution in [0.25, 0.3) is 0 Å². The van der Waals surface area contributed by atoms with Gasteiger partial charge in [0.15, 0.2) is 5.96 Å². The fraction of sp³-hybridized carbons (Fsp3) is 0.611. The van der Waals surface area contributed by atoms with Crippen LogP contribution in [-0.2, 0) is 9.47 Å². The molecular weight excluding hydrogens is 323 g/mol. The molecule has 6 nitrogen and oxygen atoms in total. The van der Waals surface area contributed by atoms with Crippen LogP contribution in [-0.4, -0.2) is 70.5 Å². The van der Waals surface area contributed by atoms with Crippen molar-refractivity contribution in [2.75, 3.05) is 59.7 Å². The van der Waals surface area contributed by atoms with E-state index in [1.54, 1.807) is 19.2 Å². The van der Waals surface area contributed by atoms with Gasteiger partial charge in [0.25, 0.3) is 0 Å². The van der Waals surface area contributed by atoms with Gasteiger partial charge in [-0.1, -0.05) is 12.1 Å². The lowest BCUT2D eigenvalue weighted by molar-refractivity contribution is 0.0179. The minimum atomic E-state index is -0.218. The number of nitrogens with zero attached hydrogens (tertiary/aromatic N) is 2. The second-order valence-corrected chi connectivity index (χ2v) is 5.86. The summed E-state index contributed by atoms with van der Waals surface area (Å²) in [7, 11) is 1.67. The highest BCUT2D eigenvalue weighted by atomic mass is 19.1. The lowest BCUT2D eigenvalue weighted by atomic mass is 10.0. The molecule has 1 aromatic carbocycles. The first-order valence-electron chi connectivity index (χ1n) is 8.83. The Kier molecular flexibility index (Phi) is 8.65. The molecule has 2 rings (SSSR count). The number of benzene rings is 1. The Morgan fingerprint density at radius 3 is 2.84 bits per heavy atom. The summed E-state index contributed by atoms with van der Waals surface area (Å²) >= 11 is 0. The summed E-state index contributed by atoms with van der Waals surface area (Å²) in [5.74, 6) is 0.527. The summed E-state index contributed by atoms with van der Waals surface area (Å²) in [5, 5.41) is 6.47. The van der Waals surface area contributed by atoms with E-state index in [9.17, 15) is 4.39 Å². The Balaban J connectivity index is 2.11. The molecule has 0 saturated carbocycles. The monoisotopic (exact) mass is 352 g/mol. The molecule has 0 radical (unpaired) electrons. The Morgan fingerprint density at radius 1 is 1.36 bits per heavy atom. The maximum Gasteiger partial charge on any atom is 0.191 e. The number of nitrogens with one attached hydrogen (secondary N) is 2. The van der Waals surface area contributed by atoms with Crippen LogP contribution < -0.4 is 10.6 Å².